The smallest absolute Gasteiger partial charge is 0.263 e. The molecular formula is C12H15ClN2O2S. The lowest BCUT2D eigenvalue weighted by Crippen LogP contribution is -2.39. The van der Waals surface area contributed by atoms with E-state index >= 15 is 0 Å². The number of rotatable bonds is 4. The van der Waals surface area contributed by atoms with Crippen molar-refractivity contribution in [2.75, 3.05) is 5.75 Å². The Hall–Kier alpha value is -0.750. The fourth-order valence-electron chi connectivity index (χ4n) is 1.83. The maximum atomic E-state index is 11.3. The first-order valence-corrected chi connectivity index (χ1v) is 7.09. The first kappa shape index (κ1) is 13.7. The van der Waals surface area contributed by atoms with Crippen molar-refractivity contribution in [2.24, 2.45) is 5.84 Å². The number of thioether (sulfide) groups is 1. The minimum absolute atomic E-state index is 0.105. The second kappa shape index (κ2) is 6.43. The zero-order chi connectivity index (χ0) is 13.0. The van der Waals surface area contributed by atoms with Crippen LogP contribution in [0, 0.1) is 0 Å². The van der Waals surface area contributed by atoms with Gasteiger partial charge in [-0.15, -0.1) is 11.8 Å². The van der Waals surface area contributed by atoms with Gasteiger partial charge in [0.2, 0.25) is 0 Å². The van der Waals surface area contributed by atoms with E-state index in [0.29, 0.717) is 0 Å². The van der Waals surface area contributed by atoms with E-state index in [9.17, 15) is 4.79 Å². The standard InChI is InChI=1S/C12H15ClN2O2S/c13-8-1-4-10(5-2-8)18-7-9-3-6-11(17-9)12(16)15-14/h1-2,4-5,9,11H,3,6-7,14H2,(H,15,16). The van der Waals surface area contributed by atoms with E-state index in [1.807, 2.05) is 24.3 Å². The molecule has 0 spiro atoms. The van der Waals surface area contributed by atoms with Crippen molar-refractivity contribution < 1.29 is 9.53 Å². The number of benzene rings is 1. The summed E-state index contributed by atoms with van der Waals surface area (Å²) in [5.41, 5.74) is 2.12. The van der Waals surface area contributed by atoms with Gasteiger partial charge in [-0.1, -0.05) is 11.6 Å². The molecule has 0 saturated carbocycles. The maximum Gasteiger partial charge on any atom is 0.263 e. The molecule has 18 heavy (non-hydrogen) atoms. The van der Waals surface area contributed by atoms with Gasteiger partial charge in [-0.2, -0.15) is 0 Å². The SMILES string of the molecule is NNC(=O)C1CCC(CSc2ccc(Cl)cc2)O1. The largest absolute Gasteiger partial charge is 0.364 e. The molecule has 98 valence electrons. The minimum Gasteiger partial charge on any atom is -0.364 e. The topological polar surface area (TPSA) is 64.3 Å². The first-order chi connectivity index (χ1) is 8.69. The number of halogens is 1. The Kier molecular flexibility index (Phi) is 4.88. The summed E-state index contributed by atoms with van der Waals surface area (Å²) >= 11 is 7.52. The Bertz CT molecular complexity index is 413. The van der Waals surface area contributed by atoms with Crippen molar-refractivity contribution >= 4 is 29.3 Å². The first-order valence-electron chi connectivity index (χ1n) is 5.73. The van der Waals surface area contributed by atoms with Gasteiger partial charge in [0, 0.05) is 15.7 Å². The van der Waals surface area contributed by atoms with Crippen molar-refractivity contribution in [3.63, 3.8) is 0 Å². The van der Waals surface area contributed by atoms with E-state index in [1.165, 1.54) is 0 Å². The van der Waals surface area contributed by atoms with Gasteiger partial charge in [0.15, 0.2) is 0 Å². The third kappa shape index (κ3) is 3.62. The van der Waals surface area contributed by atoms with Crippen molar-refractivity contribution in [1.82, 2.24) is 5.43 Å². The summed E-state index contributed by atoms with van der Waals surface area (Å²) in [6, 6.07) is 7.69. The summed E-state index contributed by atoms with van der Waals surface area (Å²) in [7, 11) is 0. The second-order valence-corrected chi connectivity index (χ2v) is 5.63. The zero-order valence-corrected chi connectivity index (χ0v) is 11.3. The number of amides is 1. The molecule has 1 aromatic rings. The Balaban J connectivity index is 1.78. The van der Waals surface area contributed by atoms with Crippen molar-refractivity contribution in [3.8, 4) is 0 Å². The van der Waals surface area contributed by atoms with Gasteiger partial charge in [-0.05, 0) is 37.1 Å². The predicted octanol–water partition coefficient (Wildman–Crippen LogP) is 1.97. The number of nitrogens with one attached hydrogen (secondary N) is 1. The molecule has 1 saturated heterocycles. The van der Waals surface area contributed by atoms with Gasteiger partial charge in [0.25, 0.3) is 5.91 Å². The number of carbonyl (C=O) groups is 1. The van der Waals surface area contributed by atoms with Gasteiger partial charge in [-0.3, -0.25) is 10.2 Å². The van der Waals surface area contributed by atoms with Gasteiger partial charge in [-0.25, -0.2) is 5.84 Å². The maximum absolute atomic E-state index is 11.3. The third-order valence-corrected chi connectivity index (χ3v) is 4.19. The quantitative estimate of drug-likeness (QED) is 0.384. The number of carbonyl (C=O) groups excluding carboxylic acids is 1. The van der Waals surface area contributed by atoms with E-state index in [1.54, 1.807) is 11.8 Å². The van der Waals surface area contributed by atoms with Crippen LogP contribution in [0.2, 0.25) is 5.02 Å². The molecule has 1 aromatic carbocycles. The van der Waals surface area contributed by atoms with Crippen molar-refractivity contribution in [1.29, 1.82) is 0 Å². The highest BCUT2D eigenvalue weighted by Gasteiger charge is 2.30. The fraction of sp³-hybridized carbons (Fsp3) is 0.417. The summed E-state index contributed by atoms with van der Waals surface area (Å²) in [6.07, 6.45) is 1.33. The molecule has 0 bridgehead atoms. The van der Waals surface area contributed by atoms with Gasteiger partial charge >= 0.3 is 0 Å². The molecule has 6 heteroatoms. The zero-order valence-electron chi connectivity index (χ0n) is 9.77. The third-order valence-electron chi connectivity index (χ3n) is 2.79. The molecule has 1 amide bonds. The van der Waals surface area contributed by atoms with E-state index in [0.717, 1.165) is 28.5 Å². The number of hydrogen-bond donors (Lipinski definition) is 2. The molecule has 1 aliphatic rings. The molecule has 4 nitrogen and oxygen atoms in total. The number of ether oxygens (including phenoxy) is 1. The Morgan fingerprint density at radius 1 is 1.44 bits per heavy atom. The average molecular weight is 287 g/mol. The second-order valence-electron chi connectivity index (χ2n) is 4.10. The van der Waals surface area contributed by atoms with Crippen LogP contribution in [-0.2, 0) is 9.53 Å². The summed E-state index contributed by atoms with van der Waals surface area (Å²) in [6.45, 7) is 0. The highest BCUT2D eigenvalue weighted by atomic mass is 35.5. The number of nitrogens with two attached hydrogens (primary N) is 1. The Labute approximate surface area is 115 Å². The lowest BCUT2D eigenvalue weighted by molar-refractivity contribution is -0.131. The normalized spacial score (nSPS) is 23.0. The summed E-state index contributed by atoms with van der Waals surface area (Å²) < 4.78 is 5.62. The molecular weight excluding hydrogens is 272 g/mol. The molecule has 2 atom stereocenters. The van der Waals surface area contributed by atoms with E-state index in [4.69, 9.17) is 22.2 Å². The van der Waals surface area contributed by atoms with Crippen molar-refractivity contribution in [3.05, 3.63) is 29.3 Å². The van der Waals surface area contributed by atoms with Crippen LogP contribution in [0.1, 0.15) is 12.8 Å². The van der Waals surface area contributed by atoms with E-state index < -0.39 is 6.10 Å². The summed E-state index contributed by atoms with van der Waals surface area (Å²) in [4.78, 5) is 12.4. The van der Waals surface area contributed by atoms with Crippen LogP contribution in [-0.4, -0.2) is 23.9 Å². The van der Waals surface area contributed by atoms with E-state index in [2.05, 4.69) is 5.43 Å². The number of hydrogen-bond acceptors (Lipinski definition) is 4. The molecule has 2 rings (SSSR count). The molecule has 0 aliphatic carbocycles. The van der Waals surface area contributed by atoms with Gasteiger partial charge in [0.05, 0.1) is 6.10 Å². The van der Waals surface area contributed by atoms with Gasteiger partial charge < -0.3 is 4.74 Å². The summed E-state index contributed by atoms with van der Waals surface area (Å²) in [5, 5.41) is 0.733. The fourth-order valence-corrected chi connectivity index (χ4v) is 2.91. The molecule has 3 N–H and O–H groups in total. The molecule has 2 unspecified atom stereocenters. The average Bonchev–Trinajstić information content (AvgIpc) is 2.86. The highest BCUT2D eigenvalue weighted by molar-refractivity contribution is 7.99. The Morgan fingerprint density at radius 2 is 2.17 bits per heavy atom. The van der Waals surface area contributed by atoms with Crippen LogP contribution in [0.4, 0.5) is 0 Å². The van der Waals surface area contributed by atoms with Crippen molar-refractivity contribution in [2.45, 2.75) is 29.9 Å². The molecule has 0 aromatic heterocycles. The monoisotopic (exact) mass is 286 g/mol. The lowest BCUT2D eigenvalue weighted by Gasteiger charge is -2.12. The Morgan fingerprint density at radius 3 is 2.83 bits per heavy atom. The number of hydrazine groups is 1. The highest BCUT2D eigenvalue weighted by Crippen LogP contribution is 2.27. The predicted molar refractivity (Wildman–Crippen MR) is 72.4 cm³/mol. The lowest BCUT2D eigenvalue weighted by atomic mass is 10.2. The van der Waals surface area contributed by atoms with Crippen LogP contribution in [0.25, 0.3) is 0 Å². The van der Waals surface area contributed by atoms with Crippen LogP contribution in [0.15, 0.2) is 29.2 Å². The van der Waals surface area contributed by atoms with E-state index in [-0.39, 0.29) is 12.0 Å². The van der Waals surface area contributed by atoms with Crippen LogP contribution >= 0.6 is 23.4 Å². The van der Waals surface area contributed by atoms with Gasteiger partial charge in [0.1, 0.15) is 6.10 Å². The van der Waals surface area contributed by atoms with Crippen LogP contribution in [0.5, 0.6) is 0 Å². The molecule has 1 fully saturated rings. The molecule has 0 radical (unpaired) electrons. The molecule has 1 aliphatic heterocycles. The van der Waals surface area contributed by atoms with Crippen LogP contribution in [0.3, 0.4) is 0 Å². The molecule has 1 heterocycles. The summed E-state index contributed by atoms with van der Waals surface area (Å²) in [5.74, 6) is 5.67. The minimum atomic E-state index is -0.397. The van der Waals surface area contributed by atoms with Crippen LogP contribution < -0.4 is 11.3 Å².